The van der Waals surface area contributed by atoms with E-state index in [4.69, 9.17) is 20.2 Å². The first-order chi connectivity index (χ1) is 8.54. The molecule has 0 saturated heterocycles. The van der Waals surface area contributed by atoms with Gasteiger partial charge in [-0.15, -0.1) is 0 Å². The molecule has 0 spiro atoms. The summed E-state index contributed by atoms with van der Waals surface area (Å²) in [4.78, 5) is 21.1. The van der Waals surface area contributed by atoms with E-state index in [1.54, 1.807) is 12.1 Å². The van der Waals surface area contributed by atoms with Crippen LogP contribution >= 0.6 is 0 Å². The molecule has 92 valence electrons. The summed E-state index contributed by atoms with van der Waals surface area (Å²) in [5, 5.41) is 25.8. The summed E-state index contributed by atoms with van der Waals surface area (Å²) in [6, 6.07) is 7.78. The molecule has 0 atom stereocenters. The van der Waals surface area contributed by atoms with Gasteiger partial charge in [0.1, 0.15) is 17.4 Å². The Morgan fingerprint density at radius 1 is 1.33 bits per heavy atom. The molecule has 0 aromatic heterocycles. The molecule has 0 aliphatic carbocycles. The van der Waals surface area contributed by atoms with Crippen LogP contribution in [0.25, 0.3) is 6.08 Å². The Hall–Kier alpha value is -2.81. The minimum Gasteiger partial charge on any atom is -0.481 e. The zero-order valence-corrected chi connectivity index (χ0v) is 9.16. The van der Waals surface area contributed by atoms with Crippen LogP contribution in [0.15, 0.2) is 29.8 Å². The summed E-state index contributed by atoms with van der Waals surface area (Å²) in [7, 11) is 0. The second kappa shape index (κ2) is 6.06. The molecule has 0 bridgehead atoms. The van der Waals surface area contributed by atoms with Crippen molar-refractivity contribution in [3.63, 3.8) is 0 Å². The first-order valence-corrected chi connectivity index (χ1v) is 4.83. The average molecular weight is 247 g/mol. The number of aliphatic carboxylic acids is 2. The first-order valence-electron chi connectivity index (χ1n) is 4.83. The number of carboxylic acids is 2. The number of carboxylic acid groups (broad SMARTS) is 2. The van der Waals surface area contributed by atoms with Gasteiger partial charge in [-0.2, -0.15) is 5.26 Å². The SMILES string of the molecule is N#C/C(=C\c1ccccc1OCC(=O)O)C(=O)O. The van der Waals surface area contributed by atoms with Gasteiger partial charge in [0.15, 0.2) is 6.61 Å². The third-order valence-corrected chi connectivity index (χ3v) is 1.92. The maximum absolute atomic E-state index is 10.7. The standard InChI is InChI=1S/C12H9NO5/c13-6-9(12(16)17)5-8-3-1-2-4-10(8)18-7-11(14)15/h1-5H,7H2,(H,14,15)(H,16,17)/b9-5+. The Bertz CT molecular complexity index is 542. The van der Waals surface area contributed by atoms with Crippen LogP contribution < -0.4 is 4.74 Å². The van der Waals surface area contributed by atoms with E-state index in [1.807, 2.05) is 0 Å². The second-order valence-corrected chi connectivity index (χ2v) is 3.20. The number of para-hydroxylation sites is 1. The zero-order chi connectivity index (χ0) is 13.5. The van der Waals surface area contributed by atoms with Crippen LogP contribution in [0, 0.1) is 11.3 Å². The van der Waals surface area contributed by atoms with Gasteiger partial charge < -0.3 is 14.9 Å². The zero-order valence-electron chi connectivity index (χ0n) is 9.16. The number of hydrogen-bond acceptors (Lipinski definition) is 4. The van der Waals surface area contributed by atoms with E-state index in [2.05, 4.69) is 0 Å². The van der Waals surface area contributed by atoms with Gasteiger partial charge in [0, 0.05) is 5.56 Å². The van der Waals surface area contributed by atoms with Crippen molar-refractivity contribution in [1.29, 1.82) is 5.26 Å². The van der Waals surface area contributed by atoms with Gasteiger partial charge in [-0.1, -0.05) is 18.2 Å². The molecule has 6 nitrogen and oxygen atoms in total. The molecule has 1 rings (SSSR count). The maximum Gasteiger partial charge on any atom is 0.346 e. The quantitative estimate of drug-likeness (QED) is 0.596. The lowest BCUT2D eigenvalue weighted by atomic mass is 10.1. The van der Waals surface area contributed by atoms with Gasteiger partial charge in [0.25, 0.3) is 0 Å². The van der Waals surface area contributed by atoms with Crippen LogP contribution in [0.3, 0.4) is 0 Å². The molecule has 0 unspecified atom stereocenters. The van der Waals surface area contributed by atoms with Crippen molar-refractivity contribution in [1.82, 2.24) is 0 Å². The number of ether oxygens (including phenoxy) is 1. The Morgan fingerprint density at radius 2 is 2.00 bits per heavy atom. The number of hydrogen-bond donors (Lipinski definition) is 2. The molecular formula is C12H9NO5. The number of nitrogens with zero attached hydrogens (tertiary/aromatic N) is 1. The van der Waals surface area contributed by atoms with Crippen molar-refractivity contribution in [3.8, 4) is 11.8 Å². The fraction of sp³-hybridized carbons (Fsp3) is 0.0833. The van der Waals surface area contributed by atoms with Crippen LogP contribution in [0.2, 0.25) is 0 Å². The molecular weight excluding hydrogens is 238 g/mol. The third kappa shape index (κ3) is 3.64. The molecule has 0 radical (unpaired) electrons. The van der Waals surface area contributed by atoms with Crippen LogP contribution in [0.5, 0.6) is 5.75 Å². The van der Waals surface area contributed by atoms with E-state index < -0.39 is 24.1 Å². The summed E-state index contributed by atoms with van der Waals surface area (Å²) in [5.74, 6) is -2.30. The minimum atomic E-state index is -1.36. The molecule has 1 aromatic carbocycles. The summed E-state index contributed by atoms with van der Waals surface area (Å²) >= 11 is 0. The average Bonchev–Trinajstić information content (AvgIpc) is 2.34. The van der Waals surface area contributed by atoms with Gasteiger partial charge in [0.05, 0.1) is 0 Å². The van der Waals surface area contributed by atoms with Crippen LogP contribution in [-0.4, -0.2) is 28.8 Å². The van der Waals surface area contributed by atoms with Gasteiger partial charge in [0.2, 0.25) is 0 Å². The summed E-state index contributed by atoms with van der Waals surface area (Å²) < 4.78 is 4.98. The molecule has 0 aliphatic rings. The number of rotatable bonds is 5. The summed E-state index contributed by atoms with van der Waals surface area (Å²) in [5.41, 5.74) is -0.126. The predicted molar refractivity (Wildman–Crippen MR) is 60.8 cm³/mol. The van der Waals surface area contributed by atoms with Crippen molar-refractivity contribution in [2.24, 2.45) is 0 Å². The molecule has 0 saturated carbocycles. The lowest BCUT2D eigenvalue weighted by Crippen LogP contribution is -2.10. The van der Waals surface area contributed by atoms with Crippen molar-refractivity contribution >= 4 is 18.0 Å². The van der Waals surface area contributed by atoms with E-state index in [0.29, 0.717) is 5.56 Å². The Balaban J connectivity index is 3.06. The molecule has 1 aromatic rings. The fourth-order valence-electron chi connectivity index (χ4n) is 1.17. The molecule has 2 N–H and O–H groups in total. The largest absolute Gasteiger partial charge is 0.481 e. The maximum atomic E-state index is 10.7. The van der Waals surface area contributed by atoms with Crippen LogP contribution in [0.4, 0.5) is 0 Å². The second-order valence-electron chi connectivity index (χ2n) is 3.20. The number of nitriles is 1. The Kier molecular flexibility index (Phi) is 4.46. The minimum absolute atomic E-state index is 0.203. The highest BCUT2D eigenvalue weighted by Gasteiger charge is 2.09. The van der Waals surface area contributed by atoms with E-state index in [-0.39, 0.29) is 5.75 Å². The Morgan fingerprint density at radius 3 is 2.56 bits per heavy atom. The van der Waals surface area contributed by atoms with Gasteiger partial charge in [-0.3, -0.25) is 0 Å². The van der Waals surface area contributed by atoms with Crippen molar-refractivity contribution in [2.45, 2.75) is 0 Å². The van der Waals surface area contributed by atoms with Gasteiger partial charge >= 0.3 is 11.9 Å². The van der Waals surface area contributed by atoms with Crippen LogP contribution in [0.1, 0.15) is 5.56 Å². The molecule has 6 heteroatoms. The smallest absolute Gasteiger partial charge is 0.346 e. The summed E-state index contributed by atoms with van der Waals surface area (Å²) in [6.07, 6.45) is 1.12. The van der Waals surface area contributed by atoms with Crippen molar-refractivity contribution in [3.05, 3.63) is 35.4 Å². The highest BCUT2D eigenvalue weighted by molar-refractivity contribution is 5.96. The molecule has 18 heavy (non-hydrogen) atoms. The molecule has 0 aliphatic heterocycles. The van der Waals surface area contributed by atoms with E-state index in [0.717, 1.165) is 6.08 Å². The monoisotopic (exact) mass is 247 g/mol. The summed E-state index contributed by atoms with van der Waals surface area (Å²) in [6.45, 7) is -0.542. The Labute approximate surface area is 102 Å². The predicted octanol–water partition coefficient (Wildman–Crippen LogP) is 1.14. The number of carbonyl (C=O) groups is 2. The lowest BCUT2D eigenvalue weighted by molar-refractivity contribution is -0.139. The highest BCUT2D eigenvalue weighted by atomic mass is 16.5. The van der Waals surface area contributed by atoms with Crippen LogP contribution in [-0.2, 0) is 9.59 Å². The van der Waals surface area contributed by atoms with E-state index in [9.17, 15) is 9.59 Å². The van der Waals surface area contributed by atoms with E-state index >= 15 is 0 Å². The highest BCUT2D eigenvalue weighted by Crippen LogP contribution is 2.20. The fourth-order valence-corrected chi connectivity index (χ4v) is 1.17. The van der Waals surface area contributed by atoms with E-state index in [1.165, 1.54) is 18.2 Å². The molecule has 0 fully saturated rings. The molecule has 0 heterocycles. The normalized spacial score (nSPS) is 10.5. The lowest BCUT2D eigenvalue weighted by Gasteiger charge is -2.06. The van der Waals surface area contributed by atoms with Crippen molar-refractivity contribution < 1.29 is 24.5 Å². The van der Waals surface area contributed by atoms with Gasteiger partial charge in [-0.05, 0) is 12.1 Å². The topological polar surface area (TPSA) is 108 Å². The molecule has 0 amide bonds. The number of benzene rings is 1. The van der Waals surface area contributed by atoms with Gasteiger partial charge in [-0.25, -0.2) is 9.59 Å². The third-order valence-electron chi connectivity index (χ3n) is 1.92. The van der Waals surface area contributed by atoms with Crippen molar-refractivity contribution in [2.75, 3.05) is 6.61 Å². The first kappa shape index (κ1) is 13.3.